The molecule has 0 radical (unpaired) electrons. The van der Waals surface area contributed by atoms with Crippen molar-refractivity contribution in [3.05, 3.63) is 64.9 Å². The van der Waals surface area contributed by atoms with Gasteiger partial charge in [0.15, 0.2) is 0 Å². The Bertz CT molecular complexity index is 788. The van der Waals surface area contributed by atoms with Crippen molar-refractivity contribution in [1.29, 1.82) is 0 Å². The Labute approximate surface area is 162 Å². The minimum atomic E-state index is -0.262. The van der Waals surface area contributed by atoms with Gasteiger partial charge in [-0.25, -0.2) is 4.39 Å². The number of hydrogen-bond acceptors (Lipinski definition) is 3. The van der Waals surface area contributed by atoms with Gasteiger partial charge in [0, 0.05) is 36.9 Å². The lowest BCUT2D eigenvalue weighted by Gasteiger charge is -2.36. The lowest BCUT2D eigenvalue weighted by atomic mass is 10.1. The molecule has 2 amide bonds. The highest BCUT2D eigenvalue weighted by Gasteiger charge is 2.21. The second-order valence-electron chi connectivity index (χ2n) is 6.42. The lowest BCUT2D eigenvalue weighted by molar-refractivity contribution is -0.133. The summed E-state index contributed by atoms with van der Waals surface area (Å²) in [6, 6.07) is 13.4. The van der Waals surface area contributed by atoms with Crippen LogP contribution in [0.5, 0.6) is 0 Å². The number of carbonyl (C=O) groups is 2. The zero-order valence-corrected chi connectivity index (χ0v) is 15.6. The summed E-state index contributed by atoms with van der Waals surface area (Å²) in [5.41, 5.74) is 1.79. The molecule has 1 aliphatic heterocycles. The lowest BCUT2D eigenvalue weighted by Crippen LogP contribution is -2.51. The highest BCUT2D eigenvalue weighted by atomic mass is 35.5. The van der Waals surface area contributed by atoms with Crippen molar-refractivity contribution in [2.45, 2.75) is 6.42 Å². The molecule has 1 heterocycles. The summed E-state index contributed by atoms with van der Waals surface area (Å²) in [4.78, 5) is 28.2. The Hall–Kier alpha value is -2.60. The first-order valence-electron chi connectivity index (χ1n) is 8.81. The zero-order chi connectivity index (χ0) is 19.2. The molecular weight excluding hydrogens is 369 g/mol. The summed E-state index contributed by atoms with van der Waals surface area (Å²) in [5.74, 6) is -0.560. The third kappa shape index (κ3) is 5.44. The molecule has 0 atom stereocenters. The number of nitrogens with zero attached hydrogens (tertiary/aromatic N) is 2. The van der Waals surface area contributed by atoms with E-state index in [1.54, 1.807) is 41.3 Å². The van der Waals surface area contributed by atoms with E-state index < -0.39 is 0 Å². The molecule has 27 heavy (non-hydrogen) atoms. The Morgan fingerprint density at radius 1 is 0.963 bits per heavy atom. The molecule has 2 aromatic rings. The SMILES string of the molecule is O=C(Cc1ccc(Cl)cc1)NCC(=O)N1CCN(c2ccc(F)cc2)CC1. The highest BCUT2D eigenvalue weighted by Crippen LogP contribution is 2.17. The number of nitrogens with one attached hydrogen (secondary N) is 1. The average molecular weight is 390 g/mol. The Morgan fingerprint density at radius 3 is 2.22 bits per heavy atom. The number of hydrogen-bond donors (Lipinski definition) is 1. The summed E-state index contributed by atoms with van der Waals surface area (Å²) in [5, 5.41) is 3.29. The minimum Gasteiger partial charge on any atom is -0.368 e. The van der Waals surface area contributed by atoms with Crippen LogP contribution in [0, 0.1) is 5.82 Å². The topological polar surface area (TPSA) is 52.7 Å². The molecule has 0 aliphatic carbocycles. The molecular formula is C20H21ClFN3O2. The number of carbonyl (C=O) groups excluding carboxylic acids is 2. The molecule has 0 spiro atoms. The molecule has 1 N–H and O–H groups in total. The molecule has 5 nitrogen and oxygen atoms in total. The van der Waals surface area contributed by atoms with Gasteiger partial charge in [-0.15, -0.1) is 0 Å². The molecule has 142 valence electrons. The van der Waals surface area contributed by atoms with Crippen molar-refractivity contribution < 1.29 is 14.0 Å². The molecule has 7 heteroatoms. The van der Waals surface area contributed by atoms with Gasteiger partial charge in [0.2, 0.25) is 11.8 Å². The second-order valence-corrected chi connectivity index (χ2v) is 6.86. The number of benzene rings is 2. The van der Waals surface area contributed by atoms with E-state index in [4.69, 9.17) is 11.6 Å². The average Bonchev–Trinajstić information content (AvgIpc) is 2.69. The van der Waals surface area contributed by atoms with Gasteiger partial charge in [-0.1, -0.05) is 23.7 Å². The molecule has 3 rings (SSSR count). The first kappa shape index (κ1) is 19.2. The van der Waals surface area contributed by atoms with E-state index in [0.717, 1.165) is 11.3 Å². The largest absolute Gasteiger partial charge is 0.368 e. The van der Waals surface area contributed by atoms with Crippen LogP contribution >= 0.6 is 11.6 Å². The maximum atomic E-state index is 13.0. The van der Waals surface area contributed by atoms with Crippen molar-refractivity contribution in [2.75, 3.05) is 37.6 Å². The van der Waals surface area contributed by atoms with Crippen LogP contribution < -0.4 is 10.2 Å². The number of anilines is 1. The van der Waals surface area contributed by atoms with Crippen LogP contribution in [0.1, 0.15) is 5.56 Å². The quantitative estimate of drug-likeness (QED) is 0.854. The Morgan fingerprint density at radius 2 is 1.59 bits per heavy atom. The third-order valence-corrected chi connectivity index (χ3v) is 4.79. The van der Waals surface area contributed by atoms with E-state index in [0.29, 0.717) is 31.2 Å². The molecule has 2 aromatic carbocycles. The summed E-state index contributed by atoms with van der Waals surface area (Å²) >= 11 is 5.82. The Balaban J connectivity index is 1.42. The van der Waals surface area contributed by atoms with Gasteiger partial charge in [-0.3, -0.25) is 9.59 Å². The van der Waals surface area contributed by atoms with Crippen LogP contribution in [-0.2, 0) is 16.0 Å². The number of rotatable bonds is 5. The molecule has 1 fully saturated rings. The maximum absolute atomic E-state index is 13.0. The second kappa shape index (κ2) is 8.86. The monoisotopic (exact) mass is 389 g/mol. The van der Waals surface area contributed by atoms with E-state index in [2.05, 4.69) is 10.2 Å². The van der Waals surface area contributed by atoms with Gasteiger partial charge in [0.05, 0.1) is 13.0 Å². The molecule has 0 aromatic heterocycles. The Kier molecular flexibility index (Phi) is 6.29. The van der Waals surface area contributed by atoms with Gasteiger partial charge in [-0.05, 0) is 42.0 Å². The standard InChI is InChI=1S/C20H21ClFN3O2/c21-16-3-1-15(2-4-16)13-19(26)23-14-20(27)25-11-9-24(10-12-25)18-7-5-17(22)6-8-18/h1-8H,9-14H2,(H,23,26). The summed E-state index contributed by atoms with van der Waals surface area (Å²) in [6.45, 7) is 2.49. The van der Waals surface area contributed by atoms with Crippen LogP contribution in [0.25, 0.3) is 0 Å². The summed E-state index contributed by atoms with van der Waals surface area (Å²) < 4.78 is 13.0. The van der Waals surface area contributed by atoms with Crippen LogP contribution in [0.2, 0.25) is 5.02 Å². The minimum absolute atomic E-state index is 0.0109. The van der Waals surface area contributed by atoms with E-state index in [1.165, 1.54) is 12.1 Å². The first-order valence-corrected chi connectivity index (χ1v) is 9.18. The third-order valence-electron chi connectivity index (χ3n) is 4.54. The molecule has 1 saturated heterocycles. The van der Waals surface area contributed by atoms with E-state index in [9.17, 15) is 14.0 Å². The van der Waals surface area contributed by atoms with Crippen molar-refractivity contribution in [2.24, 2.45) is 0 Å². The van der Waals surface area contributed by atoms with Crippen molar-refractivity contribution in [1.82, 2.24) is 10.2 Å². The number of amides is 2. The van der Waals surface area contributed by atoms with Crippen molar-refractivity contribution >= 4 is 29.1 Å². The normalized spacial score (nSPS) is 14.1. The first-order chi connectivity index (χ1) is 13.0. The maximum Gasteiger partial charge on any atom is 0.242 e. The fourth-order valence-electron chi connectivity index (χ4n) is 3.00. The highest BCUT2D eigenvalue weighted by molar-refractivity contribution is 6.30. The van der Waals surface area contributed by atoms with Gasteiger partial charge >= 0.3 is 0 Å². The van der Waals surface area contributed by atoms with Crippen LogP contribution in [0.4, 0.5) is 10.1 Å². The van der Waals surface area contributed by atoms with Crippen molar-refractivity contribution in [3.63, 3.8) is 0 Å². The summed E-state index contributed by atoms with van der Waals surface area (Å²) in [6.07, 6.45) is 0.211. The fraction of sp³-hybridized carbons (Fsp3) is 0.300. The van der Waals surface area contributed by atoms with Gasteiger partial charge in [0.1, 0.15) is 5.82 Å². The van der Waals surface area contributed by atoms with Crippen LogP contribution in [0.15, 0.2) is 48.5 Å². The molecule has 0 unspecified atom stereocenters. The van der Waals surface area contributed by atoms with E-state index >= 15 is 0 Å². The predicted molar refractivity (Wildman–Crippen MR) is 103 cm³/mol. The smallest absolute Gasteiger partial charge is 0.242 e. The number of halogens is 2. The molecule has 0 bridgehead atoms. The fourth-order valence-corrected chi connectivity index (χ4v) is 3.13. The van der Waals surface area contributed by atoms with Crippen LogP contribution in [0.3, 0.4) is 0 Å². The molecule has 1 aliphatic rings. The predicted octanol–water partition coefficient (Wildman–Crippen LogP) is 2.49. The number of piperazine rings is 1. The summed E-state index contributed by atoms with van der Waals surface area (Å²) in [7, 11) is 0. The van der Waals surface area contributed by atoms with Crippen molar-refractivity contribution in [3.8, 4) is 0 Å². The molecule has 0 saturated carbocycles. The zero-order valence-electron chi connectivity index (χ0n) is 14.8. The van der Waals surface area contributed by atoms with Gasteiger partial charge < -0.3 is 15.1 Å². The van der Waals surface area contributed by atoms with Gasteiger partial charge in [-0.2, -0.15) is 0 Å². The van der Waals surface area contributed by atoms with Crippen LogP contribution in [-0.4, -0.2) is 49.4 Å². The van der Waals surface area contributed by atoms with Gasteiger partial charge in [0.25, 0.3) is 0 Å². The van der Waals surface area contributed by atoms with E-state index in [1.807, 2.05) is 0 Å². The van der Waals surface area contributed by atoms with E-state index in [-0.39, 0.29) is 30.6 Å².